The van der Waals surface area contributed by atoms with Crippen LogP contribution < -0.4 is 0 Å². The molecular weight excluding hydrogens is 314 g/mol. The lowest BCUT2D eigenvalue weighted by Crippen LogP contribution is -2.15. The van der Waals surface area contributed by atoms with E-state index in [2.05, 4.69) is 4.98 Å². The van der Waals surface area contributed by atoms with Crippen LogP contribution in [0.15, 0.2) is 54.6 Å². The maximum absolute atomic E-state index is 12.3. The fourth-order valence-corrected chi connectivity index (χ4v) is 3.21. The zero-order chi connectivity index (χ0) is 17.2. The Bertz CT molecular complexity index is 978. The fourth-order valence-electron chi connectivity index (χ4n) is 3.21. The summed E-state index contributed by atoms with van der Waals surface area (Å²) in [6.45, 7) is -0.272. The van der Waals surface area contributed by atoms with Crippen molar-refractivity contribution < 1.29 is 14.3 Å². The van der Waals surface area contributed by atoms with Crippen LogP contribution in [0.4, 0.5) is 0 Å². The van der Waals surface area contributed by atoms with Gasteiger partial charge in [-0.25, -0.2) is 9.78 Å². The van der Waals surface area contributed by atoms with Gasteiger partial charge in [-0.1, -0.05) is 36.4 Å². The number of nitrogens with zero attached hydrogens (tertiary/aromatic N) is 1. The van der Waals surface area contributed by atoms with Crippen molar-refractivity contribution in [2.45, 2.75) is 19.3 Å². The molecule has 1 aromatic heterocycles. The number of hydrogen-bond donors (Lipinski definition) is 0. The Morgan fingerprint density at radius 1 is 0.960 bits per heavy atom. The number of pyridine rings is 1. The summed E-state index contributed by atoms with van der Waals surface area (Å²) in [6, 6.07) is 16.7. The van der Waals surface area contributed by atoms with Crippen LogP contribution in [0.1, 0.15) is 38.4 Å². The molecule has 0 bridgehead atoms. The van der Waals surface area contributed by atoms with Crippen LogP contribution in [0.5, 0.6) is 0 Å². The second kappa shape index (κ2) is 6.48. The first kappa shape index (κ1) is 15.5. The molecule has 0 aliphatic heterocycles. The molecular formula is C21H17NO3. The number of benzene rings is 2. The van der Waals surface area contributed by atoms with Crippen LogP contribution in [-0.2, 0) is 17.6 Å². The third-order valence-electron chi connectivity index (χ3n) is 4.56. The molecule has 0 fully saturated rings. The van der Waals surface area contributed by atoms with Gasteiger partial charge in [0.15, 0.2) is 12.4 Å². The molecule has 0 N–H and O–H groups in total. The predicted octanol–water partition coefficient (Wildman–Crippen LogP) is 3.76. The second-order valence-electron chi connectivity index (χ2n) is 6.23. The van der Waals surface area contributed by atoms with Crippen molar-refractivity contribution in [2.24, 2.45) is 0 Å². The minimum Gasteiger partial charge on any atom is -0.453 e. The number of Topliss-reactive ketones (excluding diaryl/α,β-unsaturated/α-hetero) is 1. The highest BCUT2D eigenvalue weighted by atomic mass is 16.5. The predicted molar refractivity (Wildman–Crippen MR) is 94.8 cm³/mol. The molecule has 1 heterocycles. The van der Waals surface area contributed by atoms with E-state index in [9.17, 15) is 9.59 Å². The smallest absolute Gasteiger partial charge is 0.357 e. The van der Waals surface area contributed by atoms with Crippen LogP contribution in [0.25, 0.3) is 10.9 Å². The summed E-state index contributed by atoms with van der Waals surface area (Å²) in [5, 5.41) is 0.952. The number of hydrogen-bond acceptors (Lipinski definition) is 4. The van der Waals surface area contributed by atoms with Gasteiger partial charge >= 0.3 is 5.97 Å². The van der Waals surface area contributed by atoms with E-state index in [1.54, 1.807) is 6.07 Å². The lowest BCUT2D eigenvalue weighted by molar-refractivity contribution is 0.0469. The van der Waals surface area contributed by atoms with Gasteiger partial charge in [0.2, 0.25) is 0 Å². The molecule has 0 unspecified atom stereocenters. The van der Waals surface area contributed by atoms with Gasteiger partial charge in [-0.05, 0) is 48.6 Å². The number of aromatic nitrogens is 1. The van der Waals surface area contributed by atoms with E-state index in [1.807, 2.05) is 48.5 Å². The highest BCUT2D eigenvalue weighted by Crippen LogP contribution is 2.23. The SMILES string of the molecule is O=C(COC(=O)c1ccc2ccccc2n1)c1ccc2c(c1)CCC2. The quantitative estimate of drug-likeness (QED) is 0.539. The monoisotopic (exact) mass is 331 g/mol. The first-order valence-corrected chi connectivity index (χ1v) is 8.38. The number of carbonyl (C=O) groups is 2. The van der Waals surface area contributed by atoms with Crippen LogP contribution in [0.3, 0.4) is 0 Å². The van der Waals surface area contributed by atoms with Gasteiger partial charge in [-0.3, -0.25) is 4.79 Å². The molecule has 1 aliphatic rings. The van der Waals surface area contributed by atoms with Crippen molar-refractivity contribution in [3.63, 3.8) is 0 Å². The zero-order valence-electron chi connectivity index (χ0n) is 13.7. The second-order valence-corrected chi connectivity index (χ2v) is 6.23. The molecule has 0 saturated carbocycles. The number of rotatable bonds is 4. The number of ether oxygens (including phenoxy) is 1. The van der Waals surface area contributed by atoms with Crippen LogP contribution in [0, 0.1) is 0 Å². The topological polar surface area (TPSA) is 56.3 Å². The van der Waals surface area contributed by atoms with Gasteiger partial charge in [-0.2, -0.15) is 0 Å². The van der Waals surface area contributed by atoms with Gasteiger partial charge in [0, 0.05) is 10.9 Å². The number of ketones is 1. The van der Waals surface area contributed by atoms with Crippen molar-refractivity contribution >= 4 is 22.7 Å². The largest absolute Gasteiger partial charge is 0.453 e. The highest BCUT2D eigenvalue weighted by molar-refractivity contribution is 5.99. The maximum Gasteiger partial charge on any atom is 0.357 e. The summed E-state index contributed by atoms with van der Waals surface area (Å²) in [7, 11) is 0. The molecule has 0 saturated heterocycles. The maximum atomic E-state index is 12.3. The van der Waals surface area contributed by atoms with Crippen LogP contribution >= 0.6 is 0 Å². The Kier molecular flexibility index (Phi) is 4.02. The Morgan fingerprint density at radius 3 is 2.72 bits per heavy atom. The molecule has 124 valence electrons. The van der Waals surface area contributed by atoms with Crippen molar-refractivity contribution in [3.8, 4) is 0 Å². The summed E-state index contributed by atoms with van der Waals surface area (Å²) < 4.78 is 5.16. The summed E-state index contributed by atoms with van der Waals surface area (Å²) in [6.07, 6.45) is 3.22. The molecule has 4 heteroatoms. The summed E-state index contributed by atoms with van der Waals surface area (Å²) in [5.41, 5.74) is 4.07. The average molecular weight is 331 g/mol. The number of carbonyl (C=O) groups excluding carboxylic acids is 2. The van der Waals surface area contributed by atoms with Crippen LogP contribution in [0.2, 0.25) is 0 Å². The molecule has 4 rings (SSSR count). The molecule has 0 spiro atoms. The van der Waals surface area contributed by atoms with Crippen molar-refractivity contribution in [1.82, 2.24) is 4.98 Å². The van der Waals surface area contributed by atoms with E-state index < -0.39 is 5.97 Å². The number of para-hydroxylation sites is 1. The highest BCUT2D eigenvalue weighted by Gasteiger charge is 2.16. The van der Waals surface area contributed by atoms with Gasteiger partial charge in [0.25, 0.3) is 0 Å². The van der Waals surface area contributed by atoms with Crippen molar-refractivity contribution in [3.05, 3.63) is 77.0 Å². The van der Waals surface area contributed by atoms with E-state index >= 15 is 0 Å². The standard InChI is InChI=1S/C21H17NO3/c23-20(17-9-8-14-5-3-6-16(14)12-17)13-25-21(24)19-11-10-15-4-1-2-7-18(15)22-19/h1-2,4,7-12H,3,5-6,13H2. The normalized spacial score (nSPS) is 12.8. The van der Waals surface area contributed by atoms with Crippen LogP contribution in [-0.4, -0.2) is 23.3 Å². The Hall–Kier alpha value is -3.01. The zero-order valence-corrected chi connectivity index (χ0v) is 13.7. The van der Waals surface area contributed by atoms with Gasteiger partial charge in [0.1, 0.15) is 5.69 Å². The fraction of sp³-hybridized carbons (Fsp3) is 0.190. The minimum absolute atomic E-state index is 0.191. The minimum atomic E-state index is -0.583. The first-order valence-electron chi connectivity index (χ1n) is 8.38. The molecule has 0 atom stereocenters. The molecule has 0 amide bonds. The number of aryl methyl sites for hydroxylation is 2. The van der Waals surface area contributed by atoms with Gasteiger partial charge < -0.3 is 4.74 Å². The third kappa shape index (κ3) is 3.15. The Balaban J connectivity index is 1.44. The lowest BCUT2D eigenvalue weighted by Gasteiger charge is -2.06. The number of esters is 1. The summed E-state index contributed by atoms with van der Waals surface area (Å²) in [4.78, 5) is 28.8. The van der Waals surface area contributed by atoms with Gasteiger partial charge in [-0.15, -0.1) is 0 Å². The van der Waals surface area contributed by atoms with Gasteiger partial charge in [0.05, 0.1) is 5.52 Å². The molecule has 1 aliphatic carbocycles. The first-order chi connectivity index (χ1) is 12.2. The molecule has 0 radical (unpaired) electrons. The van der Waals surface area contributed by atoms with E-state index in [0.717, 1.165) is 30.2 Å². The molecule has 2 aromatic carbocycles. The molecule has 4 nitrogen and oxygen atoms in total. The third-order valence-corrected chi connectivity index (χ3v) is 4.56. The summed E-state index contributed by atoms with van der Waals surface area (Å²) >= 11 is 0. The van der Waals surface area contributed by atoms with E-state index in [1.165, 1.54) is 11.1 Å². The molecule has 3 aromatic rings. The Labute approximate surface area is 145 Å². The number of fused-ring (bicyclic) bond motifs is 2. The van der Waals surface area contributed by atoms with Crippen molar-refractivity contribution in [2.75, 3.05) is 6.61 Å². The van der Waals surface area contributed by atoms with E-state index in [-0.39, 0.29) is 18.1 Å². The Morgan fingerprint density at radius 2 is 1.80 bits per heavy atom. The lowest BCUT2D eigenvalue weighted by atomic mass is 10.0. The summed E-state index contributed by atoms with van der Waals surface area (Å²) in [5.74, 6) is -0.774. The van der Waals surface area contributed by atoms with Crippen molar-refractivity contribution in [1.29, 1.82) is 0 Å². The average Bonchev–Trinajstić information content (AvgIpc) is 3.13. The molecule has 25 heavy (non-hydrogen) atoms. The van der Waals surface area contributed by atoms with E-state index in [4.69, 9.17) is 4.74 Å². The van der Waals surface area contributed by atoms with E-state index in [0.29, 0.717) is 5.56 Å².